The van der Waals surface area contributed by atoms with Gasteiger partial charge in [-0.2, -0.15) is 0 Å². The van der Waals surface area contributed by atoms with Crippen molar-refractivity contribution in [1.82, 2.24) is 0 Å². The van der Waals surface area contributed by atoms with Crippen LogP contribution in [0.5, 0.6) is 17.2 Å². The summed E-state index contributed by atoms with van der Waals surface area (Å²) in [5.41, 5.74) is 2.37. The molecule has 1 atom stereocenters. The van der Waals surface area contributed by atoms with E-state index in [1.807, 2.05) is 36.4 Å². The van der Waals surface area contributed by atoms with E-state index in [0.717, 1.165) is 27.1 Å². The second-order valence-electron chi connectivity index (χ2n) is 5.40. The fraction of sp³-hybridized carbons (Fsp3) is 0.235. The van der Waals surface area contributed by atoms with Gasteiger partial charge in [-0.25, -0.2) is 0 Å². The molecule has 2 aliphatic heterocycles. The van der Waals surface area contributed by atoms with Crippen molar-refractivity contribution in [3.63, 3.8) is 0 Å². The molecule has 0 bridgehead atoms. The molecule has 4 rings (SSSR count). The third kappa shape index (κ3) is 2.63. The van der Waals surface area contributed by atoms with Gasteiger partial charge in [-0.1, -0.05) is 27.2 Å². The molecular weight excluding hydrogens is 362 g/mol. The zero-order valence-corrected chi connectivity index (χ0v) is 13.7. The molecule has 0 saturated heterocycles. The summed E-state index contributed by atoms with van der Waals surface area (Å²) < 4.78 is 18.2. The fourth-order valence-corrected chi connectivity index (χ4v) is 3.21. The first-order chi connectivity index (χ1) is 11.2. The Morgan fingerprint density at radius 2 is 1.78 bits per heavy atom. The molecule has 2 aromatic carbocycles. The highest BCUT2D eigenvalue weighted by Gasteiger charge is 2.28. The minimum atomic E-state index is -0.231. The van der Waals surface area contributed by atoms with Crippen molar-refractivity contribution in [3.05, 3.63) is 52.0 Å². The Labute approximate surface area is 141 Å². The van der Waals surface area contributed by atoms with Crippen LogP contribution in [0, 0.1) is 0 Å². The molecule has 2 heterocycles. The first kappa shape index (κ1) is 14.4. The normalized spacial score (nSPS) is 20.7. The maximum absolute atomic E-state index is 9.36. The summed E-state index contributed by atoms with van der Waals surface area (Å²) in [5.74, 6) is 2.17. The average Bonchev–Trinajstić information content (AvgIpc) is 2.60. The lowest BCUT2D eigenvalue weighted by Gasteiger charge is -2.28. The van der Waals surface area contributed by atoms with Crippen LogP contribution in [0.2, 0.25) is 0 Å². The van der Waals surface area contributed by atoms with Crippen LogP contribution >= 0.6 is 15.9 Å². The highest BCUT2D eigenvalue weighted by atomic mass is 79.9. The Balaban J connectivity index is 1.70. The molecule has 6 heteroatoms. The van der Waals surface area contributed by atoms with Gasteiger partial charge in [0.15, 0.2) is 11.5 Å². The van der Waals surface area contributed by atoms with Gasteiger partial charge in [-0.05, 0) is 35.9 Å². The summed E-state index contributed by atoms with van der Waals surface area (Å²) >= 11 is 3.43. The van der Waals surface area contributed by atoms with Crippen molar-refractivity contribution in [2.24, 2.45) is 5.16 Å². The molecule has 2 aromatic rings. The van der Waals surface area contributed by atoms with E-state index < -0.39 is 0 Å². The SMILES string of the molecule is ON=C1CC(c2ccc3c(c2)OCCO3)Oc2ccc(Br)cc21. The number of benzene rings is 2. The van der Waals surface area contributed by atoms with Gasteiger partial charge in [0.1, 0.15) is 25.1 Å². The van der Waals surface area contributed by atoms with Gasteiger partial charge in [0.2, 0.25) is 0 Å². The van der Waals surface area contributed by atoms with E-state index >= 15 is 0 Å². The molecule has 0 fully saturated rings. The summed E-state index contributed by atoms with van der Waals surface area (Å²) in [6, 6.07) is 11.4. The molecule has 1 unspecified atom stereocenters. The number of ether oxygens (including phenoxy) is 3. The molecule has 0 saturated carbocycles. The van der Waals surface area contributed by atoms with Gasteiger partial charge in [-0.15, -0.1) is 0 Å². The van der Waals surface area contributed by atoms with Gasteiger partial charge in [0.05, 0.1) is 5.71 Å². The summed E-state index contributed by atoms with van der Waals surface area (Å²) in [5, 5.41) is 12.8. The number of hydrogen-bond acceptors (Lipinski definition) is 5. The summed E-state index contributed by atoms with van der Waals surface area (Å²) in [7, 11) is 0. The van der Waals surface area contributed by atoms with E-state index in [1.165, 1.54) is 0 Å². The molecule has 1 N–H and O–H groups in total. The Morgan fingerprint density at radius 1 is 1.00 bits per heavy atom. The predicted octanol–water partition coefficient (Wildman–Crippen LogP) is 3.92. The maximum atomic E-state index is 9.36. The molecule has 2 aliphatic rings. The molecule has 5 nitrogen and oxygen atoms in total. The summed E-state index contributed by atoms with van der Waals surface area (Å²) in [4.78, 5) is 0. The van der Waals surface area contributed by atoms with Crippen LogP contribution in [0.4, 0.5) is 0 Å². The molecule has 0 aliphatic carbocycles. The van der Waals surface area contributed by atoms with Gasteiger partial charge in [-0.3, -0.25) is 0 Å². The van der Waals surface area contributed by atoms with Crippen LogP contribution in [0.25, 0.3) is 0 Å². The number of rotatable bonds is 1. The van der Waals surface area contributed by atoms with Crippen LogP contribution in [-0.2, 0) is 0 Å². The highest BCUT2D eigenvalue weighted by Crippen LogP contribution is 2.39. The van der Waals surface area contributed by atoms with Crippen molar-refractivity contribution in [2.75, 3.05) is 13.2 Å². The third-order valence-electron chi connectivity index (χ3n) is 3.96. The Bertz CT molecular complexity index is 790. The molecule has 0 radical (unpaired) electrons. The summed E-state index contributed by atoms with van der Waals surface area (Å²) in [6.45, 7) is 1.11. The first-order valence-corrected chi connectivity index (χ1v) is 8.11. The zero-order chi connectivity index (χ0) is 15.8. The molecule has 0 spiro atoms. The van der Waals surface area contributed by atoms with Gasteiger partial charge in [0, 0.05) is 16.5 Å². The second-order valence-corrected chi connectivity index (χ2v) is 6.32. The number of fused-ring (bicyclic) bond motifs is 2. The predicted molar refractivity (Wildman–Crippen MR) is 87.9 cm³/mol. The van der Waals surface area contributed by atoms with Crippen LogP contribution in [0.3, 0.4) is 0 Å². The van der Waals surface area contributed by atoms with Crippen molar-refractivity contribution in [3.8, 4) is 17.2 Å². The van der Waals surface area contributed by atoms with Gasteiger partial charge < -0.3 is 19.4 Å². The molecule has 0 amide bonds. The van der Waals surface area contributed by atoms with Crippen LogP contribution in [-0.4, -0.2) is 24.1 Å². The number of nitrogens with zero attached hydrogens (tertiary/aromatic N) is 1. The highest BCUT2D eigenvalue weighted by molar-refractivity contribution is 9.10. The lowest BCUT2D eigenvalue weighted by Crippen LogP contribution is -2.22. The van der Waals surface area contributed by atoms with Crippen molar-refractivity contribution in [1.29, 1.82) is 0 Å². The second kappa shape index (κ2) is 5.77. The zero-order valence-electron chi connectivity index (χ0n) is 12.2. The number of halogens is 1. The smallest absolute Gasteiger partial charge is 0.161 e. The monoisotopic (exact) mass is 375 g/mol. The van der Waals surface area contributed by atoms with E-state index in [4.69, 9.17) is 14.2 Å². The third-order valence-corrected chi connectivity index (χ3v) is 4.45. The maximum Gasteiger partial charge on any atom is 0.161 e. The van der Waals surface area contributed by atoms with Crippen LogP contribution in [0.15, 0.2) is 46.0 Å². The standard InChI is InChI=1S/C17H14BrNO4/c18-11-2-4-14-12(8-11)13(19-20)9-16(23-14)10-1-3-15-17(7-10)22-6-5-21-15/h1-4,7-8,16,20H,5-6,9H2. The molecular formula is C17H14BrNO4. The Kier molecular flexibility index (Phi) is 3.61. The van der Waals surface area contributed by atoms with E-state index in [-0.39, 0.29) is 6.10 Å². The van der Waals surface area contributed by atoms with Crippen LogP contribution in [0.1, 0.15) is 23.7 Å². The quantitative estimate of drug-likeness (QED) is 0.606. The Hall–Kier alpha value is -2.21. The van der Waals surface area contributed by atoms with Crippen molar-refractivity contribution >= 4 is 21.6 Å². The number of hydrogen-bond donors (Lipinski definition) is 1. The fourth-order valence-electron chi connectivity index (χ4n) is 2.85. The minimum Gasteiger partial charge on any atom is -0.486 e. The first-order valence-electron chi connectivity index (χ1n) is 7.31. The van der Waals surface area contributed by atoms with Crippen molar-refractivity contribution in [2.45, 2.75) is 12.5 Å². The molecule has 118 valence electrons. The van der Waals surface area contributed by atoms with E-state index in [9.17, 15) is 5.21 Å². The molecule has 23 heavy (non-hydrogen) atoms. The lowest BCUT2D eigenvalue weighted by atomic mass is 9.95. The molecule has 0 aromatic heterocycles. The number of oxime groups is 1. The van der Waals surface area contributed by atoms with Gasteiger partial charge >= 0.3 is 0 Å². The Morgan fingerprint density at radius 3 is 2.61 bits per heavy atom. The summed E-state index contributed by atoms with van der Waals surface area (Å²) in [6.07, 6.45) is 0.255. The van der Waals surface area contributed by atoms with Gasteiger partial charge in [0.25, 0.3) is 0 Å². The minimum absolute atomic E-state index is 0.231. The van der Waals surface area contributed by atoms with E-state index in [2.05, 4.69) is 21.1 Å². The van der Waals surface area contributed by atoms with E-state index in [1.54, 1.807) is 0 Å². The van der Waals surface area contributed by atoms with Crippen molar-refractivity contribution < 1.29 is 19.4 Å². The lowest BCUT2D eigenvalue weighted by molar-refractivity contribution is 0.169. The van der Waals surface area contributed by atoms with Crippen LogP contribution < -0.4 is 14.2 Å². The topological polar surface area (TPSA) is 60.3 Å². The largest absolute Gasteiger partial charge is 0.486 e. The average molecular weight is 376 g/mol. The van der Waals surface area contributed by atoms with E-state index in [0.29, 0.717) is 31.1 Å².